The summed E-state index contributed by atoms with van der Waals surface area (Å²) in [7, 11) is 0. The van der Waals surface area contributed by atoms with Crippen molar-refractivity contribution in [2.45, 2.75) is 51.0 Å². The standard InChI is InChI=1S/C16H24OS/c1-5-11-7-12(6-2)15-13(11)14-9(3)18-10(4)16(14,15)8-17/h6,8-11,13-15H,5,7H2,1-4H3/b12-6-/t9-,10-,11+,13+,14+,15+,16+/m0/s1. The SMILES string of the molecule is C/C=C1/C[C@@H](CC)[C@@H]2[C@H]3[C@H](C)S[C@@H](C)[C@@]3(C=O)[C@H]12. The van der Waals surface area contributed by atoms with Gasteiger partial charge in [0.05, 0.1) is 0 Å². The van der Waals surface area contributed by atoms with Crippen molar-refractivity contribution in [1.29, 1.82) is 0 Å². The van der Waals surface area contributed by atoms with Crippen LogP contribution in [0.3, 0.4) is 0 Å². The number of carbonyl (C=O) groups is 1. The molecule has 0 aromatic carbocycles. The largest absolute Gasteiger partial charge is 0.303 e. The Bertz CT molecular complexity index is 402. The molecular weight excluding hydrogens is 240 g/mol. The summed E-state index contributed by atoms with van der Waals surface area (Å²) in [5, 5.41) is 1.17. The van der Waals surface area contributed by atoms with Gasteiger partial charge < -0.3 is 4.79 Å². The lowest BCUT2D eigenvalue weighted by Crippen LogP contribution is -2.60. The average molecular weight is 264 g/mol. The van der Waals surface area contributed by atoms with E-state index in [1.54, 1.807) is 5.57 Å². The van der Waals surface area contributed by atoms with E-state index in [2.05, 4.69) is 33.8 Å². The van der Waals surface area contributed by atoms with E-state index in [0.29, 0.717) is 22.3 Å². The van der Waals surface area contributed by atoms with E-state index in [4.69, 9.17) is 0 Å². The Kier molecular flexibility index (Phi) is 2.93. The molecule has 2 heteroatoms. The summed E-state index contributed by atoms with van der Waals surface area (Å²) in [6, 6.07) is 0. The van der Waals surface area contributed by atoms with Crippen molar-refractivity contribution in [3.05, 3.63) is 11.6 Å². The van der Waals surface area contributed by atoms with Gasteiger partial charge in [0.2, 0.25) is 0 Å². The molecule has 0 unspecified atom stereocenters. The molecule has 3 aliphatic rings. The lowest BCUT2D eigenvalue weighted by atomic mass is 9.44. The third-order valence-corrected chi connectivity index (χ3v) is 7.62. The summed E-state index contributed by atoms with van der Waals surface area (Å²) in [6.45, 7) is 9.09. The molecule has 2 aliphatic carbocycles. The van der Waals surface area contributed by atoms with Crippen LogP contribution in [-0.4, -0.2) is 16.8 Å². The smallest absolute Gasteiger partial charge is 0.128 e. The van der Waals surface area contributed by atoms with Crippen LogP contribution in [0.1, 0.15) is 40.5 Å². The Balaban J connectivity index is 2.04. The van der Waals surface area contributed by atoms with Gasteiger partial charge in [-0.3, -0.25) is 0 Å². The van der Waals surface area contributed by atoms with Gasteiger partial charge in [0.15, 0.2) is 0 Å². The molecule has 1 saturated heterocycles. The molecule has 0 aromatic heterocycles. The van der Waals surface area contributed by atoms with E-state index < -0.39 is 0 Å². The minimum Gasteiger partial charge on any atom is -0.303 e. The molecule has 0 radical (unpaired) electrons. The maximum atomic E-state index is 11.9. The quantitative estimate of drug-likeness (QED) is 0.555. The average Bonchev–Trinajstić information content (AvgIpc) is 2.74. The first-order valence-corrected chi connectivity index (χ1v) is 8.32. The summed E-state index contributed by atoms with van der Waals surface area (Å²) in [5.74, 6) is 2.83. The van der Waals surface area contributed by atoms with Crippen LogP contribution in [0.2, 0.25) is 0 Å². The monoisotopic (exact) mass is 264 g/mol. The number of aldehydes is 1. The molecule has 0 spiro atoms. The molecule has 2 saturated carbocycles. The minimum atomic E-state index is -0.0273. The van der Waals surface area contributed by atoms with Gasteiger partial charge in [-0.05, 0) is 37.0 Å². The van der Waals surface area contributed by atoms with Crippen molar-refractivity contribution in [3.8, 4) is 0 Å². The van der Waals surface area contributed by atoms with Crippen molar-refractivity contribution in [3.63, 3.8) is 0 Å². The van der Waals surface area contributed by atoms with Crippen LogP contribution in [0, 0.1) is 29.1 Å². The fraction of sp³-hybridized carbons (Fsp3) is 0.812. The normalized spacial score (nSPS) is 56.1. The third kappa shape index (κ3) is 1.23. The molecule has 1 heterocycles. The number of allylic oxidation sites excluding steroid dienone is 2. The zero-order valence-corrected chi connectivity index (χ0v) is 12.7. The zero-order chi connectivity index (χ0) is 13.1. The van der Waals surface area contributed by atoms with Gasteiger partial charge in [-0.25, -0.2) is 0 Å². The highest BCUT2D eigenvalue weighted by atomic mass is 32.2. The maximum absolute atomic E-state index is 11.9. The van der Waals surface area contributed by atoms with Crippen molar-refractivity contribution in [2.75, 3.05) is 0 Å². The summed E-state index contributed by atoms with van der Waals surface area (Å²) in [5.41, 5.74) is 1.55. The zero-order valence-electron chi connectivity index (χ0n) is 11.8. The second kappa shape index (κ2) is 4.13. The van der Waals surface area contributed by atoms with Gasteiger partial charge in [-0.2, -0.15) is 11.8 Å². The number of hydrogen-bond donors (Lipinski definition) is 0. The predicted octanol–water partition coefficient (Wildman–Crippen LogP) is 3.93. The molecular formula is C16H24OS. The van der Waals surface area contributed by atoms with Gasteiger partial charge in [0, 0.05) is 15.9 Å². The topological polar surface area (TPSA) is 17.1 Å². The maximum Gasteiger partial charge on any atom is 0.128 e. The minimum absolute atomic E-state index is 0.0273. The summed E-state index contributed by atoms with van der Waals surface area (Å²) in [4.78, 5) is 11.9. The first-order valence-electron chi connectivity index (χ1n) is 7.38. The highest BCUT2D eigenvalue weighted by Crippen LogP contribution is 2.74. The molecule has 7 atom stereocenters. The number of carbonyl (C=O) groups excluding carboxylic acids is 1. The van der Waals surface area contributed by atoms with Crippen molar-refractivity contribution in [1.82, 2.24) is 0 Å². The molecule has 0 amide bonds. The Morgan fingerprint density at radius 3 is 2.72 bits per heavy atom. The van der Waals surface area contributed by atoms with Crippen LogP contribution in [0.25, 0.3) is 0 Å². The van der Waals surface area contributed by atoms with Crippen LogP contribution in [0.5, 0.6) is 0 Å². The molecule has 18 heavy (non-hydrogen) atoms. The summed E-state index contributed by atoms with van der Waals surface area (Å²) < 4.78 is 0. The number of fused-ring (bicyclic) bond motifs is 4. The molecule has 1 nitrogen and oxygen atoms in total. The van der Waals surface area contributed by atoms with Gasteiger partial charge >= 0.3 is 0 Å². The third-order valence-electron chi connectivity index (χ3n) is 6.09. The van der Waals surface area contributed by atoms with Crippen LogP contribution >= 0.6 is 11.8 Å². The molecule has 0 aromatic rings. The first kappa shape index (κ1) is 12.8. The second-order valence-corrected chi connectivity index (χ2v) is 8.14. The van der Waals surface area contributed by atoms with E-state index in [-0.39, 0.29) is 5.41 Å². The Morgan fingerprint density at radius 2 is 2.17 bits per heavy atom. The molecule has 0 N–H and O–H groups in total. The fourth-order valence-corrected chi connectivity index (χ4v) is 7.22. The van der Waals surface area contributed by atoms with Crippen LogP contribution in [0.15, 0.2) is 11.6 Å². The summed E-state index contributed by atoms with van der Waals surface area (Å²) >= 11 is 2.05. The van der Waals surface area contributed by atoms with E-state index in [1.165, 1.54) is 19.1 Å². The van der Waals surface area contributed by atoms with Crippen molar-refractivity contribution in [2.24, 2.45) is 29.1 Å². The Morgan fingerprint density at radius 1 is 1.44 bits per heavy atom. The number of thioether (sulfide) groups is 1. The highest BCUT2D eigenvalue weighted by molar-refractivity contribution is 8.00. The van der Waals surface area contributed by atoms with Gasteiger partial charge in [0.1, 0.15) is 6.29 Å². The van der Waals surface area contributed by atoms with E-state index in [1.807, 2.05) is 11.8 Å². The number of hydrogen-bond acceptors (Lipinski definition) is 2. The van der Waals surface area contributed by atoms with Crippen LogP contribution in [0.4, 0.5) is 0 Å². The van der Waals surface area contributed by atoms with E-state index in [9.17, 15) is 4.79 Å². The highest BCUT2D eigenvalue weighted by Gasteiger charge is 2.73. The predicted molar refractivity (Wildman–Crippen MR) is 77.6 cm³/mol. The lowest BCUT2D eigenvalue weighted by molar-refractivity contribution is -0.142. The molecule has 3 fully saturated rings. The molecule has 3 rings (SSSR count). The molecule has 100 valence electrons. The van der Waals surface area contributed by atoms with Gasteiger partial charge in [-0.1, -0.05) is 38.8 Å². The summed E-state index contributed by atoms with van der Waals surface area (Å²) in [6.07, 6.45) is 6.16. The molecule has 0 bridgehead atoms. The van der Waals surface area contributed by atoms with Gasteiger partial charge in [-0.15, -0.1) is 0 Å². The van der Waals surface area contributed by atoms with Crippen LogP contribution in [-0.2, 0) is 4.79 Å². The Hall–Kier alpha value is -0.240. The second-order valence-electron chi connectivity index (χ2n) is 6.42. The van der Waals surface area contributed by atoms with Gasteiger partial charge in [0.25, 0.3) is 0 Å². The molecule has 1 aliphatic heterocycles. The van der Waals surface area contributed by atoms with E-state index >= 15 is 0 Å². The van der Waals surface area contributed by atoms with Crippen LogP contribution < -0.4 is 0 Å². The van der Waals surface area contributed by atoms with Crippen molar-refractivity contribution >= 4 is 18.0 Å². The first-order chi connectivity index (χ1) is 8.61. The number of rotatable bonds is 2. The lowest BCUT2D eigenvalue weighted by Gasteiger charge is -2.57. The Labute approximate surface area is 115 Å². The fourth-order valence-electron chi connectivity index (χ4n) is 5.39. The van der Waals surface area contributed by atoms with Crippen molar-refractivity contribution < 1.29 is 4.79 Å². The van der Waals surface area contributed by atoms with E-state index in [0.717, 1.165) is 11.8 Å².